The van der Waals surface area contributed by atoms with Crippen LogP contribution in [-0.4, -0.2) is 38.9 Å². The Morgan fingerprint density at radius 3 is 2.86 bits per heavy atom. The van der Waals surface area contributed by atoms with E-state index < -0.39 is 5.60 Å². The molecule has 5 nitrogen and oxygen atoms in total. The van der Waals surface area contributed by atoms with E-state index in [2.05, 4.69) is 31.2 Å². The Morgan fingerprint density at radius 2 is 2.29 bits per heavy atom. The summed E-state index contributed by atoms with van der Waals surface area (Å²) in [5, 5.41) is 21.2. The second kappa shape index (κ2) is 4.68. The molecule has 0 bridgehead atoms. The highest BCUT2D eigenvalue weighted by Crippen LogP contribution is 2.10. The molecule has 0 saturated carbocycles. The van der Waals surface area contributed by atoms with Crippen molar-refractivity contribution in [1.29, 1.82) is 0 Å². The van der Waals surface area contributed by atoms with Crippen molar-refractivity contribution >= 4 is 21.7 Å². The molecule has 0 spiro atoms. The van der Waals surface area contributed by atoms with E-state index in [1.54, 1.807) is 6.07 Å². The molecule has 0 aliphatic heterocycles. The molecule has 0 radical (unpaired) electrons. The minimum Gasteiger partial charge on any atom is -0.393 e. The lowest BCUT2D eigenvalue weighted by Crippen LogP contribution is -2.37. The summed E-state index contributed by atoms with van der Waals surface area (Å²) in [5.74, 6) is 0.598. The number of rotatable bonds is 4. The molecule has 14 heavy (non-hydrogen) atoms. The van der Waals surface area contributed by atoms with E-state index in [0.29, 0.717) is 10.4 Å². The minimum atomic E-state index is -1.14. The van der Waals surface area contributed by atoms with Crippen molar-refractivity contribution in [3.63, 3.8) is 0 Å². The lowest BCUT2D eigenvalue weighted by Gasteiger charge is -2.20. The highest BCUT2D eigenvalue weighted by Gasteiger charge is 2.18. The Labute approximate surface area is 90.3 Å². The lowest BCUT2D eigenvalue weighted by molar-refractivity contribution is 0.0131. The Kier molecular flexibility index (Phi) is 3.79. The van der Waals surface area contributed by atoms with Crippen LogP contribution in [-0.2, 0) is 0 Å². The molecule has 0 fully saturated rings. The molecular formula is C8H12BrN3O2. The van der Waals surface area contributed by atoms with Gasteiger partial charge in [0.05, 0.1) is 6.61 Å². The van der Waals surface area contributed by atoms with Crippen LogP contribution in [0.2, 0.25) is 0 Å². The number of hydrogen-bond acceptors (Lipinski definition) is 5. The van der Waals surface area contributed by atoms with Crippen molar-refractivity contribution in [1.82, 2.24) is 9.97 Å². The Hall–Kier alpha value is -0.720. The molecule has 0 aliphatic carbocycles. The fraction of sp³-hybridized carbons (Fsp3) is 0.500. The zero-order valence-electron chi connectivity index (χ0n) is 7.74. The van der Waals surface area contributed by atoms with Gasteiger partial charge < -0.3 is 15.5 Å². The third-order valence-electron chi connectivity index (χ3n) is 1.62. The number of aromatic nitrogens is 2. The van der Waals surface area contributed by atoms with Crippen molar-refractivity contribution in [2.24, 2.45) is 0 Å². The summed E-state index contributed by atoms with van der Waals surface area (Å²) < 4.78 is 0.665. The summed E-state index contributed by atoms with van der Waals surface area (Å²) in [5.41, 5.74) is -1.14. The van der Waals surface area contributed by atoms with E-state index in [9.17, 15) is 5.11 Å². The highest BCUT2D eigenvalue weighted by molar-refractivity contribution is 9.10. The van der Waals surface area contributed by atoms with Crippen LogP contribution in [0.15, 0.2) is 17.0 Å². The van der Waals surface area contributed by atoms with Gasteiger partial charge in [0.25, 0.3) is 0 Å². The quantitative estimate of drug-likeness (QED) is 0.684. The fourth-order valence-corrected chi connectivity index (χ4v) is 1.08. The Balaban J connectivity index is 2.54. The zero-order valence-corrected chi connectivity index (χ0v) is 9.32. The minimum absolute atomic E-state index is 0.229. The predicted molar refractivity (Wildman–Crippen MR) is 55.9 cm³/mol. The average Bonchev–Trinajstić information content (AvgIpc) is 2.15. The van der Waals surface area contributed by atoms with E-state index in [0.717, 1.165) is 0 Å². The number of halogens is 1. The maximum Gasteiger partial charge on any atom is 0.130 e. The molecule has 1 aromatic heterocycles. The fourth-order valence-electron chi connectivity index (χ4n) is 0.767. The van der Waals surface area contributed by atoms with E-state index >= 15 is 0 Å². The Bertz CT molecular complexity index is 306. The largest absolute Gasteiger partial charge is 0.393 e. The molecule has 1 unspecified atom stereocenters. The van der Waals surface area contributed by atoms with E-state index in [-0.39, 0.29) is 13.2 Å². The number of aliphatic hydroxyl groups is 2. The van der Waals surface area contributed by atoms with Gasteiger partial charge in [-0.15, -0.1) is 0 Å². The molecule has 0 saturated heterocycles. The number of anilines is 1. The predicted octanol–water partition coefficient (Wildman–Crippen LogP) is 0.394. The van der Waals surface area contributed by atoms with Gasteiger partial charge in [-0.3, -0.25) is 0 Å². The first kappa shape index (κ1) is 11.4. The van der Waals surface area contributed by atoms with Crippen LogP contribution >= 0.6 is 15.9 Å². The van der Waals surface area contributed by atoms with E-state index in [1.165, 1.54) is 13.3 Å². The van der Waals surface area contributed by atoms with Crippen molar-refractivity contribution < 1.29 is 10.2 Å². The molecule has 1 atom stereocenters. The monoisotopic (exact) mass is 261 g/mol. The van der Waals surface area contributed by atoms with Gasteiger partial charge in [0.1, 0.15) is 22.3 Å². The molecule has 6 heteroatoms. The van der Waals surface area contributed by atoms with E-state index in [1.807, 2.05) is 0 Å². The van der Waals surface area contributed by atoms with Crippen molar-refractivity contribution in [3.05, 3.63) is 17.0 Å². The third kappa shape index (κ3) is 3.57. The number of nitrogens with zero attached hydrogens (tertiary/aromatic N) is 2. The van der Waals surface area contributed by atoms with Crippen LogP contribution < -0.4 is 5.32 Å². The van der Waals surface area contributed by atoms with Gasteiger partial charge in [-0.05, 0) is 22.9 Å². The molecule has 1 aromatic rings. The molecule has 0 aliphatic rings. The first-order valence-corrected chi connectivity index (χ1v) is 4.87. The number of aliphatic hydroxyl groups excluding tert-OH is 1. The van der Waals surface area contributed by atoms with Crippen molar-refractivity contribution in [2.45, 2.75) is 12.5 Å². The summed E-state index contributed by atoms with van der Waals surface area (Å²) in [6.45, 7) is 1.47. The van der Waals surface area contributed by atoms with E-state index in [4.69, 9.17) is 5.11 Å². The summed E-state index contributed by atoms with van der Waals surface area (Å²) in [4.78, 5) is 7.79. The number of hydrogen-bond donors (Lipinski definition) is 3. The molecular weight excluding hydrogens is 250 g/mol. The first-order chi connectivity index (χ1) is 6.53. The molecule has 3 N–H and O–H groups in total. The Morgan fingerprint density at radius 1 is 1.57 bits per heavy atom. The second-order valence-corrected chi connectivity index (χ2v) is 4.05. The highest BCUT2D eigenvalue weighted by atomic mass is 79.9. The zero-order chi connectivity index (χ0) is 10.6. The molecule has 1 heterocycles. The molecule has 78 valence electrons. The standard InChI is InChI=1S/C8H12BrN3O2/c1-8(14,4-13)3-10-7-2-6(9)11-5-12-7/h2,5,13-14H,3-4H2,1H3,(H,10,11,12). The van der Waals surface area contributed by atoms with Gasteiger partial charge in [0.2, 0.25) is 0 Å². The third-order valence-corrected chi connectivity index (χ3v) is 2.06. The van der Waals surface area contributed by atoms with Crippen LogP contribution in [0.5, 0.6) is 0 Å². The summed E-state index contributed by atoms with van der Waals surface area (Å²) >= 11 is 3.20. The average molecular weight is 262 g/mol. The molecule has 0 amide bonds. The smallest absolute Gasteiger partial charge is 0.130 e. The maximum absolute atomic E-state index is 9.49. The SMILES string of the molecule is CC(O)(CO)CNc1cc(Br)ncn1. The second-order valence-electron chi connectivity index (χ2n) is 3.23. The van der Waals surface area contributed by atoms with Gasteiger partial charge in [-0.1, -0.05) is 0 Å². The summed E-state index contributed by atoms with van der Waals surface area (Å²) in [6, 6.07) is 1.69. The van der Waals surface area contributed by atoms with Crippen LogP contribution in [0, 0.1) is 0 Å². The first-order valence-electron chi connectivity index (χ1n) is 4.08. The summed E-state index contributed by atoms with van der Waals surface area (Å²) in [7, 11) is 0. The van der Waals surface area contributed by atoms with Gasteiger partial charge >= 0.3 is 0 Å². The van der Waals surface area contributed by atoms with Crippen LogP contribution in [0.25, 0.3) is 0 Å². The van der Waals surface area contributed by atoms with Crippen LogP contribution in [0.3, 0.4) is 0 Å². The van der Waals surface area contributed by atoms with Gasteiger partial charge in [0.15, 0.2) is 0 Å². The summed E-state index contributed by atoms with van der Waals surface area (Å²) in [6.07, 6.45) is 1.40. The van der Waals surface area contributed by atoms with Crippen LogP contribution in [0.4, 0.5) is 5.82 Å². The van der Waals surface area contributed by atoms with Gasteiger partial charge in [0, 0.05) is 12.6 Å². The van der Waals surface area contributed by atoms with Crippen molar-refractivity contribution in [3.8, 4) is 0 Å². The van der Waals surface area contributed by atoms with Gasteiger partial charge in [-0.2, -0.15) is 0 Å². The lowest BCUT2D eigenvalue weighted by atomic mass is 10.1. The molecule has 1 rings (SSSR count). The normalized spacial score (nSPS) is 14.9. The van der Waals surface area contributed by atoms with Crippen molar-refractivity contribution in [2.75, 3.05) is 18.5 Å². The van der Waals surface area contributed by atoms with Crippen LogP contribution in [0.1, 0.15) is 6.92 Å². The topological polar surface area (TPSA) is 78.3 Å². The maximum atomic E-state index is 9.49. The van der Waals surface area contributed by atoms with Gasteiger partial charge in [-0.25, -0.2) is 9.97 Å². The molecule has 0 aromatic carbocycles. The number of nitrogens with one attached hydrogen (secondary N) is 1.